The zero-order valence-corrected chi connectivity index (χ0v) is 13.0. The minimum Gasteiger partial charge on any atom is -0.466 e. The number of esters is 1. The number of nitrogens with one attached hydrogen (secondary N) is 2. The summed E-state index contributed by atoms with van der Waals surface area (Å²) >= 11 is 0. The molecule has 0 bridgehead atoms. The third-order valence-corrected chi connectivity index (χ3v) is 4.35. The molecule has 7 heteroatoms. The number of ether oxygens (including phenoxy) is 1. The number of rotatable bonds is 3. The Bertz CT molecular complexity index is 763. The lowest BCUT2D eigenvalue weighted by Crippen LogP contribution is -2.50. The summed E-state index contributed by atoms with van der Waals surface area (Å²) in [6.07, 6.45) is 3.37. The van der Waals surface area contributed by atoms with Crippen LogP contribution in [-0.2, 0) is 16.0 Å². The number of carbonyl (C=O) groups excluding carboxylic acids is 1. The summed E-state index contributed by atoms with van der Waals surface area (Å²) in [5.41, 5.74) is 0.206. The Hall–Kier alpha value is -2.41. The number of pyridine rings is 1. The van der Waals surface area contributed by atoms with Gasteiger partial charge in [-0.05, 0) is 31.5 Å². The second-order valence-electron chi connectivity index (χ2n) is 5.99. The van der Waals surface area contributed by atoms with Gasteiger partial charge in [-0.2, -0.15) is 0 Å². The van der Waals surface area contributed by atoms with Crippen molar-refractivity contribution >= 4 is 5.97 Å². The van der Waals surface area contributed by atoms with Gasteiger partial charge in [0.05, 0.1) is 18.1 Å². The quantitative estimate of drug-likeness (QED) is 0.723. The smallest absolute Gasteiger partial charge is 0.312 e. The van der Waals surface area contributed by atoms with Gasteiger partial charge in [0.1, 0.15) is 0 Å². The number of aromatic nitrogens is 3. The maximum Gasteiger partial charge on any atom is 0.312 e. The van der Waals surface area contributed by atoms with E-state index in [-0.39, 0.29) is 18.6 Å². The highest BCUT2D eigenvalue weighted by Gasteiger charge is 2.51. The normalized spacial score (nSPS) is 26.6. The summed E-state index contributed by atoms with van der Waals surface area (Å²) in [6.45, 7) is 3.52. The lowest BCUT2D eigenvalue weighted by molar-refractivity contribution is -0.159. The van der Waals surface area contributed by atoms with E-state index in [4.69, 9.17) is 4.74 Å². The van der Waals surface area contributed by atoms with E-state index in [1.165, 1.54) is 0 Å². The molecule has 7 nitrogen and oxygen atoms in total. The molecule has 0 aliphatic heterocycles. The number of aliphatic hydroxyl groups is 1. The van der Waals surface area contributed by atoms with E-state index >= 15 is 0 Å². The minimum absolute atomic E-state index is 0.173. The van der Waals surface area contributed by atoms with Gasteiger partial charge in [-0.25, -0.2) is 0 Å². The number of fused-ring (bicyclic) bond motifs is 1. The van der Waals surface area contributed by atoms with Crippen molar-refractivity contribution in [1.29, 1.82) is 0 Å². The number of hydrogen-bond acceptors (Lipinski definition) is 5. The molecule has 0 radical (unpaired) electrons. The van der Waals surface area contributed by atoms with Crippen LogP contribution in [0, 0.1) is 5.92 Å². The number of aromatic amines is 2. The fraction of sp³-hybridized carbons (Fsp3) is 0.438. The molecule has 1 aliphatic rings. The van der Waals surface area contributed by atoms with E-state index < -0.39 is 23.4 Å². The first-order valence-corrected chi connectivity index (χ1v) is 7.54. The van der Waals surface area contributed by atoms with Crippen molar-refractivity contribution < 1.29 is 14.6 Å². The second-order valence-corrected chi connectivity index (χ2v) is 5.99. The molecule has 0 amide bonds. The topological polar surface area (TPSA) is 108 Å². The molecule has 0 spiro atoms. The Morgan fingerprint density at radius 1 is 1.43 bits per heavy atom. The largest absolute Gasteiger partial charge is 0.466 e. The number of H-pyrrole nitrogens is 2. The fourth-order valence-corrected chi connectivity index (χ4v) is 3.42. The lowest BCUT2D eigenvalue weighted by Gasteiger charge is -2.40. The number of carbonyl (C=O) groups is 1. The van der Waals surface area contributed by atoms with Crippen molar-refractivity contribution in [2.45, 2.75) is 31.8 Å². The first kappa shape index (κ1) is 15.5. The third-order valence-electron chi connectivity index (χ3n) is 4.35. The van der Waals surface area contributed by atoms with Crippen LogP contribution in [0.2, 0.25) is 0 Å². The Balaban J connectivity index is 2.20. The van der Waals surface area contributed by atoms with E-state index in [2.05, 4.69) is 15.2 Å². The summed E-state index contributed by atoms with van der Waals surface area (Å²) in [4.78, 5) is 28.7. The molecule has 0 aromatic carbocycles. The van der Waals surface area contributed by atoms with Gasteiger partial charge in [0.25, 0.3) is 5.56 Å². The highest BCUT2D eigenvalue weighted by molar-refractivity contribution is 5.77. The first-order valence-electron chi connectivity index (χ1n) is 7.54. The molecular weight excluding hydrogens is 298 g/mol. The Morgan fingerprint density at radius 3 is 2.78 bits per heavy atom. The molecule has 0 fully saturated rings. The molecule has 2 aromatic rings. The maximum absolute atomic E-state index is 12.5. The summed E-state index contributed by atoms with van der Waals surface area (Å²) in [6, 6.07) is 3.49. The number of nitrogens with zero attached hydrogens (tertiary/aromatic N) is 1. The molecule has 3 atom stereocenters. The van der Waals surface area contributed by atoms with E-state index in [0.29, 0.717) is 11.3 Å². The number of hydrogen-bond donors (Lipinski definition) is 3. The van der Waals surface area contributed by atoms with Gasteiger partial charge < -0.3 is 14.9 Å². The molecule has 0 saturated heterocycles. The van der Waals surface area contributed by atoms with E-state index in [1.807, 2.05) is 0 Å². The van der Waals surface area contributed by atoms with Crippen LogP contribution in [0.1, 0.15) is 36.6 Å². The summed E-state index contributed by atoms with van der Waals surface area (Å²) in [5.74, 6) is -1.97. The summed E-state index contributed by atoms with van der Waals surface area (Å²) < 4.78 is 5.16. The predicted octanol–water partition coefficient (Wildman–Crippen LogP) is 0.716. The van der Waals surface area contributed by atoms with Crippen LogP contribution in [0.3, 0.4) is 0 Å². The molecule has 1 aliphatic carbocycles. The van der Waals surface area contributed by atoms with Crippen molar-refractivity contribution in [1.82, 2.24) is 15.2 Å². The lowest BCUT2D eigenvalue weighted by atomic mass is 9.66. The standard InChI is InChI=1S/C16H19N3O4/c1-3-23-15(21)13-11(9-4-6-17-7-5-9)12-10(8-16(13,2)22)18-19-14(12)20/h4-7,11,13,22H,3,8H2,1-2H3,(H2,18,19,20)/t11-,13-,16+/m1/s1. The van der Waals surface area contributed by atoms with Gasteiger partial charge >= 0.3 is 5.97 Å². The molecule has 3 rings (SSSR count). The minimum atomic E-state index is -1.33. The molecule has 3 N–H and O–H groups in total. The highest BCUT2D eigenvalue weighted by Crippen LogP contribution is 2.44. The third kappa shape index (κ3) is 2.57. The molecule has 0 saturated carbocycles. The Morgan fingerprint density at radius 2 is 2.13 bits per heavy atom. The zero-order chi connectivity index (χ0) is 16.6. The molecule has 23 heavy (non-hydrogen) atoms. The van der Waals surface area contributed by atoms with Gasteiger partial charge in [0, 0.05) is 36.0 Å². The van der Waals surface area contributed by atoms with Crippen LogP contribution < -0.4 is 5.56 Å². The van der Waals surface area contributed by atoms with Crippen LogP contribution in [0.5, 0.6) is 0 Å². The van der Waals surface area contributed by atoms with Gasteiger partial charge in [-0.1, -0.05) is 0 Å². The van der Waals surface area contributed by atoms with Crippen LogP contribution in [-0.4, -0.2) is 38.5 Å². The monoisotopic (exact) mass is 317 g/mol. The van der Waals surface area contributed by atoms with E-state index in [0.717, 1.165) is 5.56 Å². The Kier molecular flexibility index (Phi) is 3.81. The Labute approximate surface area is 132 Å². The van der Waals surface area contributed by atoms with E-state index in [1.54, 1.807) is 38.4 Å². The van der Waals surface area contributed by atoms with Crippen molar-refractivity contribution in [2.75, 3.05) is 6.61 Å². The molecule has 0 unspecified atom stereocenters. The van der Waals surface area contributed by atoms with Gasteiger partial charge in [0.2, 0.25) is 0 Å². The molecule has 122 valence electrons. The average molecular weight is 317 g/mol. The summed E-state index contributed by atoms with van der Waals surface area (Å²) in [7, 11) is 0. The fourth-order valence-electron chi connectivity index (χ4n) is 3.42. The van der Waals surface area contributed by atoms with Crippen LogP contribution in [0.4, 0.5) is 0 Å². The first-order chi connectivity index (χ1) is 11.0. The van der Waals surface area contributed by atoms with Crippen LogP contribution >= 0.6 is 0 Å². The van der Waals surface area contributed by atoms with Gasteiger partial charge in [-0.15, -0.1) is 0 Å². The van der Waals surface area contributed by atoms with Gasteiger partial charge in [-0.3, -0.25) is 19.7 Å². The molecule has 2 aromatic heterocycles. The SMILES string of the molecule is CCOC(=O)[C@H]1[C@H](c2ccncc2)c2c([nH][nH]c2=O)C[C@]1(C)O. The van der Waals surface area contributed by atoms with E-state index in [9.17, 15) is 14.7 Å². The zero-order valence-electron chi connectivity index (χ0n) is 13.0. The van der Waals surface area contributed by atoms with Crippen molar-refractivity contribution in [3.8, 4) is 0 Å². The van der Waals surface area contributed by atoms with Crippen LogP contribution in [0.15, 0.2) is 29.3 Å². The average Bonchev–Trinajstić information content (AvgIpc) is 2.86. The highest BCUT2D eigenvalue weighted by atomic mass is 16.5. The summed E-state index contributed by atoms with van der Waals surface area (Å²) in [5, 5.41) is 16.2. The molecule has 2 heterocycles. The van der Waals surface area contributed by atoms with Crippen LogP contribution in [0.25, 0.3) is 0 Å². The van der Waals surface area contributed by atoms with Crippen molar-refractivity contribution in [2.24, 2.45) is 5.92 Å². The van der Waals surface area contributed by atoms with Crippen molar-refractivity contribution in [3.63, 3.8) is 0 Å². The maximum atomic E-state index is 12.5. The molecular formula is C16H19N3O4. The van der Waals surface area contributed by atoms with Gasteiger partial charge in [0.15, 0.2) is 0 Å². The predicted molar refractivity (Wildman–Crippen MR) is 81.9 cm³/mol. The second kappa shape index (κ2) is 5.66. The van der Waals surface area contributed by atoms with Crippen molar-refractivity contribution in [3.05, 3.63) is 51.7 Å².